The Morgan fingerprint density at radius 1 is 1.65 bits per heavy atom. The first kappa shape index (κ1) is 11.1. The zero-order valence-corrected chi connectivity index (χ0v) is 10.2. The minimum Gasteiger partial charge on any atom is -0.394 e. The predicted molar refractivity (Wildman–Crippen MR) is 60.6 cm³/mol. The van der Waals surface area contributed by atoms with Gasteiger partial charge in [-0.15, -0.1) is 0 Å². The second-order valence-electron chi connectivity index (χ2n) is 4.03. The highest BCUT2D eigenvalue weighted by Gasteiger charge is 2.48. The highest BCUT2D eigenvalue weighted by atomic mass is 79.9. The molecule has 1 fully saturated rings. The molecule has 92 valence electrons. The van der Waals surface area contributed by atoms with E-state index in [-0.39, 0.29) is 12.2 Å². The summed E-state index contributed by atoms with van der Waals surface area (Å²) in [6, 6.07) is -0.395. The third-order valence-corrected chi connectivity index (χ3v) is 3.57. The van der Waals surface area contributed by atoms with Crippen LogP contribution in [0, 0.1) is 0 Å². The van der Waals surface area contributed by atoms with E-state index in [9.17, 15) is 9.90 Å². The molecule has 2 aliphatic rings. The first-order chi connectivity index (χ1) is 8.11. The molecule has 3 N–H and O–H groups in total. The summed E-state index contributed by atoms with van der Waals surface area (Å²) >= 11 is 3.10. The molecule has 0 amide bonds. The molecule has 7 nitrogen and oxygen atoms in total. The molecular formula is C9H10BrN3O4. The van der Waals surface area contributed by atoms with Crippen molar-refractivity contribution >= 4 is 21.9 Å². The van der Waals surface area contributed by atoms with Crippen molar-refractivity contribution in [1.82, 2.24) is 9.55 Å². The largest absolute Gasteiger partial charge is 0.394 e. The van der Waals surface area contributed by atoms with Crippen LogP contribution in [-0.4, -0.2) is 44.6 Å². The Hall–Kier alpha value is -0.960. The third-order valence-electron chi connectivity index (χ3n) is 3.03. The van der Waals surface area contributed by atoms with Crippen LogP contribution in [0.3, 0.4) is 0 Å². The number of ether oxygens (including phenoxy) is 1. The number of aliphatic hydroxyl groups excluding tert-OH is 2. The Morgan fingerprint density at radius 3 is 3.12 bits per heavy atom. The second kappa shape index (κ2) is 3.77. The van der Waals surface area contributed by atoms with Crippen LogP contribution in [-0.2, 0) is 4.74 Å². The van der Waals surface area contributed by atoms with Gasteiger partial charge in [0.1, 0.15) is 22.7 Å². The SMILES string of the molecule is O=c1nc2n(cc1Br)[C@@H]1O[C@H](CO)[C@@H](O)[C@@H]1N2. The highest BCUT2D eigenvalue weighted by Crippen LogP contribution is 2.37. The van der Waals surface area contributed by atoms with Crippen molar-refractivity contribution in [2.24, 2.45) is 0 Å². The fraction of sp³-hybridized carbons (Fsp3) is 0.556. The molecular weight excluding hydrogens is 294 g/mol. The number of rotatable bonds is 1. The number of nitrogens with one attached hydrogen (secondary N) is 1. The Bertz CT molecular complexity index is 519. The van der Waals surface area contributed by atoms with Crippen LogP contribution in [0.1, 0.15) is 6.23 Å². The molecule has 0 aliphatic carbocycles. The highest BCUT2D eigenvalue weighted by molar-refractivity contribution is 9.10. The van der Waals surface area contributed by atoms with E-state index >= 15 is 0 Å². The summed E-state index contributed by atoms with van der Waals surface area (Å²) < 4.78 is 7.47. The van der Waals surface area contributed by atoms with Crippen molar-refractivity contribution in [1.29, 1.82) is 0 Å². The minimum absolute atomic E-state index is 0.250. The average molecular weight is 304 g/mol. The molecule has 2 aliphatic heterocycles. The van der Waals surface area contributed by atoms with E-state index < -0.39 is 24.5 Å². The summed E-state index contributed by atoms with van der Waals surface area (Å²) in [6.07, 6.45) is -0.347. The van der Waals surface area contributed by atoms with E-state index in [1.807, 2.05) is 0 Å². The standard InChI is InChI=1S/C9H10BrN3O4/c10-3-1-13-8-5(6(15)4(2-14)17-8)11-9(13)12-7(3)16/h1,4-6,8,14-15H,2H2,(H,11,12,16)/t4-,5+,6-,8-/m1/s1. The normalized spacial score (nSPS) is 34.3. The second-order valence-corrected chi connectivity index (χ2v) is 4.89. The minimum atomic E-state index is -0.833. The van der Waals surface area contributed by atoms with E-state index in [2.05, 4.69) is 26.2 Å². The number of hydrogen-bond acceptors (Lipinski definition) is 6. The number of fused-ring (bicyclic) bond motifs is 3. The van der Waals surface area contributed by atoms with Gasteiger partial charge in [0.2, 0.25) is 5.95 Å². The van der Waals surface area contributed by atoms with Crippen molar-refractivity contribution in [3.05, 3.63) is 21.0 Å². The van der Waals surface area contributed by atoms with Gasteiger partial charge in [0.25, 0.3) is 5.56 Å². The lowest BCUT2D eigenvalue weighted by atomic mass is 10.1. The van der Waals surface area contributed by atoms with Gasteiger partial charge in [-0.1, -0.05) is 0 Å². The maximum atomic E-state index is 11.3. The van der Waals surface area contributed by atoms with Crippen molar-refractivity contribution in [2.75, 3.05) is 11.9 Å². The molecule has 1 aromatic rings. The van der Waals surface area contributed by atoms with Crippen LogP contribution in [0.4, 0.5) is 5.95 Å². The van der Waals surface area contributed by atoms with Gasteiger partial charge in [-0.3, -0.25) is 9.36 Å². The van der Waals surface area contributed by atoms with Gasteiger partial charge in [-0.25, -0.2) is 0 Å². The quantitative estimate of drug-likeness (QED) is 0.619. The number of aliphatic hydroxyl groups is 2. The summed E-state index contributed by atoms with van der Waals surface area (Å²) in [6.45, 7) is -0.250. The Kier molecular flexibility index (Phi) is 2.47. The molecule has 1 saturated heterocycles. The topological polar surface area (TPSA) is 96.6 Å². The molecule has 17 heavy (non-hydrogen) atoms. The molecule has 0 saturated carbocycles. The maximum Gasteiger partial charge on any atom is 0.288 e. The van der Waals surface area contributed by atoms with Crippen LogP contribution in [0.15, 0.2) is 15.5 Å². The lowest BCUT2D eigenvalue weighted by Gasteiger charge is -2.14. The molecule has 3 rings (SSSR count). The van der Waals surface area contributed by atoms with Gasteiger partial charge in [0.05, 0.1) is 6.61 Å². The maximum absolute atomic E-state index is 11.3. The molecule has 0 radical (unpaired) electrons. The number of aromatic nitrogens is 2. The molecule has 4 atom stereocenters. The molecule has 1 aromatic heterocycles. The number of anilines is 1. The van der Waals surface area contributed by atoms with Gasteiger partial charge in [0, 0.05) is 6.20 Å². The van der Waals surface area contributed by atoms with Crippen LogP contribution in [0.5, 0.6) is 0 Å². The predicted octanol–water partition coefficient (Wildman–Crippen LogP) is -0.950. The zero-order chi connectivity index (χ0) is 12.2. The van der Waals surface area contributed by atoms with E-state index in [1.54, 1.807) is 10.8 Å². The molecule has 0 bridgehead atoms. The average Bonchev–Trinajstić information content (AvgIpc) is 2.78. The van der Waals surface area contributed by atoms with E-state index in [1.165, 1.54) is 0 Å². The van der Waals surface area contributed by atoms with Gasteiger partial charge < -0.3 is 20.3 Å². The monoisotopic (exact) mass is 303 g/mol. The Balaban J connectivity index is 2.02. The first-order valence-electron chi connectivity index (χ1n) is 5.11. The first-order valence-corrected chi connectivity index (χ1v) is 5.90. The number of hydrogen-bond donors (Lipinski definition) is 3. The van der Waals surface area contributed by atoms with E-state index in [0.717, 1.165) is 0 Å². The number of nitrogens with zero attached hydrogens (tertiary/aromatic N) is 2. The van der Waals surface area contributed by atoms with Crippen LogP contribution >= 0.6 is 15.9 Å². The number of halogens is 1. The van der Waals surface area contributed by atoms with Gasteiger partial charge in [-0.05, 0) is 15.9 Å². The van der Waals surface area contributed by atoms with Crippen molar-refractivity contribution < 1.29 is 14.9 Å². The van der Waals surface area contributed by atoms with Crippen LogP contribution < -0.4 is 10.9 Å². The summed E-state index contributed by atoms with van der Waals surface area (Å²) in [5.74, 6) is 0.364. The molecule has 0 spiro atoms. The summed E-state index contributed by atoms with van der Waals surface area (Å²) in [5.41, 5.74) is -0.378. The smallest absolute Gasteiger partial charge is 0.288 e. The molecule has 8 heteroatoms. The summed E-state index contributed by atoms with van der Waals surface area (Å²) in [7, 11) is 0. The lowest BCUT2D eigenvalue weighted by molar-refractivity contribution is -0.0431. The van der Waals surface area contributed by atoms with E-state index in [0.29, 0.717) is 10.4 Å². The van der Waals surface area contributed by atoms with Gasteiger partial charge in [0.15, 0.2) is 6.23 Å². The fourth-order valence-corrected chi connectivity index (χ4v) is 2.50. The third kappa shape index (κ3) is 1.52. The van der Waals surface area contributed by atoms with Crippen LogP contribution in [0.25, 0.3) is 0 Å². The summed E-state index contributed by atoms with van der Waals surface area (Å²) in [5, 5.41) is 21.9. The lowest BCUT2D eigenvalue weighted by Crippen LogP contribution is -2.36. The zero-order valence-electron chi connectivity index (χ0n) is 8.58. The van der Waals surface area contributed by atoms with Crippen molar-refractivity contribution in [3.8, 4) is 0 Å². The van der Waals surface area contributed by atoms with E-state index in [4.69, 9.17) is 9.84 Å². The van der Waals surface area contributed by atoms with Crippen molar-refractivity contribution in [2.45, 2.75) is 24.5 Å². The summed E-state index contributed by atoms with van der Waals surface area (Å²) in [4.78, 5) is 15.2. The van der Waals surface area contributed by atoms with Crippen LogP contribution in [0.2, 0.25) is 0 Å². The van der Waals surface area contributed by atoms with Crippen molar-refractivity contribution in [3.63, 3.8) is 0 Å². The fourth-order valence-electron chi connectivity index (χ4n) is 2.19. The Labute approximate surface area is 104 Å². The van der Waals surface area contributed by atoms with Gasteiger partial charge in [-0.2, -0.15) is 4.98 Å². The Morgan fingerprint density at radius 2 is 2.41 bits per heavy atom. The van der Waals surface area contributed by atoms with Gasteiger partial charge >= 0.3 is 0 Å². The molecule has 0 unspecified atom stereocenters. The molecule has 0 aromatic carbocycles. The molecule has 3 heterocycles.